The van der Waals surface area contributed by atoms with Crippen LogP contribution in [0.1, 0.15) is 22.3 Å². The highest BCUT2D eigenvalue weighted by molar-refractivity contribution is 6.08. The first-order chi connectivity index (χ1) is 17.5. The van der Waals surface area contributed by atoms with Crippen LogP contribution >= 0.6 is 0 Å². The minimum atomic E-state index is -0.914. The van der Waals surface area contributed by atoms with Crippen LogP contribution in [0.15, 0.2) is 71.9 Å². The lowest BCUT2D eigenvalue weighted by Gasteiger charge is -2.22. The van der Waals surface area contributed by atoms with Crippen molar-refractivity contribution in [3.8, 4) is 16.9 Å². The predicted molar refractivity (Wildman–Crippen MR) is 138 cm³/mol. The van der Waals surface area contributed by atoms with E-state index in [1.54, 1.807) is 35.3 Å². The van der Waals surface area contributed by atoms with Gasteiger partial charge < -0.3 is 14.4 Å². The second-order valence-electron chi connectivity index (χ2n) is 9.07. The summed E-state index contributed by atoms with van der Waals surface area (Å²) in [5.74, 6) is -0.128. The van der Waals surface area contributed by atoms with E-state index >= 15 is 0 Å². The maximum atomic E-state index is 13.0. The molecule has 0 fully saturated rings. The van der Waals surface area contributed by atoms with Gasteiger partial charge in [0, 0.05) is 47.4 Å². The van der Waals surface area contributed by atoms with Crippen LogP contribution < -0.4 is 10.3 Å². The van der Waals surface area contributed by atoms with E-state index in [9.17, 15) is 14.7 Å². The fraction of sp³-hybridized carbons (Fsp3) is 0.172. The van der Waals surface area contributed by atoms with Gasteiger partial charge in [0.1, 0.15) is 5.75 Å². The van der Waals surface area contributed by atoms with Crippen molar-refractivity contribution in [1.29, 1.82) is 0 Å². The van der Waals surface area contributed by atoms with E-state index in [0.717, 1.165) is 61.8 Å². The summed E-state index contributed by atoms with van der Waals surface area (Å²) in [7, 11) is 0. The normalized spacial score (nSPS) is 12.6. The fourth-order valence-electron chi connectivity index (χ4n) is 5.24. The van der Waals surface area contributed by atoms with Crippen molar-refractivity contribution in [2.45, 2.75) is 26.3 Å². The molecule has 0 unspecified atom stereocenters. The van der Waals surface area contributed by atoms with Crippen LogP contribution in [-0.2, 0) is 24.2 Å². The average molecular weight is 478 g/mol. The summed E-state index contributed by atoms with van der Waals surface area (Å²) in [6.07, 6.45) is 5.86. The minimum absolute atomic E-state index is 0.126. The Hall–Kier alpha value is -4.52. The molecule has 0 aliphatic carbocycles. The van der Waals surface area contributed by atoms with Gasteiger partial charge in [-0.3, -0.25) is 19.6 Å². The Morgan fingerprint density at radius 2 is 1.92 bits per heavy atom. The highest BCUT2D eigenvalue weighted by Crippen LogP contribution is 2.42. The van der Waals surface area contributed by atoms with Gasteiger partial charge in [-0.1, -0.05) is 0 Å². The third kappa shape index (κ3) is 3.60. The fourth-order valence-corrected chi connectivity index (χ4v) is 5.24. The predicted octanol–water partition coefficient (Wildman–Crippen LogP) is 4.53. The number of benzene rings is 2. The van der Waals surface area contributed by atoms with E-state index in [0.29, 0.717) is 18.7 Å². The second-order valence-corrected chi connectivity index (χ2v) is 9.07. The molecule has 0 atom stereocenters. The Balaban J connectivity index is 1.70. The Bertz CT molecular complexity index is 1710. The Labute approximate surface area is 206 Å². The first kappa shape index (κ1) is 22.0. The SMILES string of the molecule is Cc1cc2c(ccc(=O)n2Cc2ccncc2)c(-c2ccc3c4c(ccnc24)CCO3)c1CC(=O)O. The number of aliphatic carboxylic acids is 1. The van der Waals surface area contributed by atoms with Crippen molar-refractivity contribution in [1.82, 2.24) is 14.5 Å². The molecular weight excluding hydrogens is 454 g/mol. The summed E-state index contributed by atoms with van der Waals surface area (Å²) in [5, 5.41) is 11.6. The molecule has 5 aromatic rings. The van der Waals surface area contributed by atoms with Gasteiger partial charge in [-0.2, -0.15) is 0 Å². The molecule has 0 radical (unpaired) electrons. The van der Waals surface area contributed by atoms with E-state index in [1.807, 2.05) is 43.3 Å². The number of nitrogens with zero attached hydrogens (tertiary/aromatic N) is 3. The smallest absolute Gasteiger partial charge is 0.307 e. The number of aromatic nitrogens is 3. The molecule has 0 saturated carbocycles. The van der Waals surface area contributed by atoms with Gasteiger partial charge in [-0.25, -0.2) is 0 Å². The van der Waals surface area contributed by atoms with E-state index in [4.69, 9.17) is 9.72 Å². The highest BCUT2D eigenvalue weighted by atomic mass is 16.5. The van der Waals surface area contributed by atoms with Crippen LogP contribution in [0.25, 0.3) is 32.9 Å². The number of rotatable bonds is 5. The molecule has 1 aliphatic heterocycles. The number of fused-ring (bicyclic) bond motifs is 1. The van der Waals surface area contributed by atoms with Crippen molar-refractivity contribution < 1.29 is 14.6 Å². The standard InChI is InChI=1S/C29H23N3O4/c1-17-14-23-20(3-5-25(33)32(23)16-18-6-10-30-11-7-18)28(22(17)15-26(34)35)21-2-4-24-27-19(9-13-36-24)8-12-31-29(21)27/h2-8,10-12,14H,9,13,15-16H2,1H3,(H,34,35). The molecule has 0 bridgehead atoms. The second kappa shape index (κ2) is 8.61. The molecule has 0 saturated heterocycles. The molecular formula is C29H23N3O4. The average Bonchev–Trinajstić information content (AvgIpc) is 2.88. The zero-order chi connectivity index (χ0) is 24.8. The van der Waals surface area contributed by atoms with Crippen LogP contribution in [0.3, 0.4) is 0 Å². The first-order valence-corrected chi connectivity index (χ1v) is 11.8. The van der Waals surface area contributed by atoms with Crippen molar-refractivity contribution in [2.24, 2.45) is 0 Å². The van der Waals surface area contributed by atoms with Crippen LogP contribution in [-0.4, -0.2) is 32.2 Å². The molecule has 0 spiro atoms. The van der Waals surface area contributed by atoms with Crippen LogP contribution in [0, 0.1) is 6.92 Å². The number of hydrogen-bond donors (Lipinski definition) is 1. The monoisotopic (exact) mass is 477 g/mol. The number of carboxylic acid groups (broad SMARTS) is 1. The largest absolute Gasteiger partial charge is 0.493 e. The number of carbonyl (C=O) groups is 1. The highest BCUT2D eigenvalue weighted by Gasteiger charge is 2.23. The van der Waals surface area contributed by atoms with Crippen LogP contribution in [0.4, 0.5) is 0 Å². The third-order valence-electron chi connectivity index (χ3n) is 6.88. The lowest BCUT2D eigenvalue weighted by Crippen LogP contribution is -2.20. The van der Waals surface area contributed by atoms with Gasteiger partial charge in [0.05, 0.1) is 30.6 Å². The number of ether oxygens (including phenoxy) is 1. The van der Waals surface area contributed by atoms with Crippen molar-refractivity contribution in [2.75, 3.05) is 6.61 Å². The summed E-state index contributed by atoms with van der Waals surface area (Å²) in [6, 6.07) is 14.9. The number of hydrogen-bond acceptors (Lipinski definition) is 5. The molecule has 7 nitrogen and oxygen atoms in total. The van der Waals surface area contributed by atoms with E-state index in [2.05, 4.69) is 4.98 Å². The summed E-state index contributed by atoms with van der Waals surface area (Å²) in [5.41, 5.74) is 6.65. The van der Waals surface area contributed by atoms with Gasteiger partial charge in [0.25, 0.3) is 5.56 Å². The summed E-state index contributed by atoms with van der Waals surface area (Å²) < 4.78 is 7.64. The summed E-state index contributed by atoms with van der Waals surface area (Å²) in [4.78, 5) is 33.8. The molecule has 0 amide bonds. The van der Waals surface area contributed by atoms with Gasteiger partial charge in [-0.15, -0.1) is 0 Å². The molecule has 36 heavy (non-hydrogen) atoms. The molecule has 1 N–H and O–H groups in total. The maximum Gasteiger partial charge on any atom is 0.307 e. The third-order valence-corrected chi connectivity index (χ3v) is 6.88. The summed E-state index contributed by atoms with van der Waals surface area (Å²) in [6.45, 7) is 2.90. The minimum Gasteiger partial charge on any atom is -0.493 e. The molecule has 4 heterocycles. The first-order valence-electron chi connectivity index (χ1n) is 11.8. The van der Waals surface area contributed by atoms with Gasteiger partial charge in [0.2, 0.25) is 0 Å². The molecule has 3 aromatic heterocycles. The summed E-state index contributed by atoms with van der Waals surface area (Å²) >= 11 is 0. The Kier molecular flexibility index (Phi) is 5.25. The number of pyridine rings is 3. The number of aryl methyl sites for hydroxylation is 1. The van der Waals surface area contributed by atoms with Crippen LogP contribution in [0.5, 0.6) is 5.75 Å². The van der Waals surface area contributed by atoms with Gasteiger partial charge in [-0.05, 0) is 77.2 Å². The van der Waals surface area contributed by atoms with Crippen molar-refractivity contribution in [3.63, 3.8) is 0 Å². The van der Waals surface area contributed by atoms with E-state index in [1.165, 1.54) is 0 Å². The molecule has 1 aliphatic rings. The van der Waals surface area contributed by atoms with Crippen molar-refractivity contribution in [3.05, 3.63) is 99.7 Å². The molecule has 7 heteroatoms. The Morgan fingerprint density at radius 1 is 1.08 bits per heavy atom. The lowest BCUT2D eigenvalue weighted by atomic mass is 9.87. The number of carboxylic acids is 1. The Morgan fingerprint density at radius 3 is 2.72 bits per heavy atom. The zero-order valence-electron chi connectivity index (χ0n) is 19.7. The molecule has 6 rings (SSSR count). The maximum absolute atomic E-state index is 13.0. The molecule has 2 aromatic carbocycles. The topological polar surface area (TPSA) is 94.3 Å². The van der Waals surface area contributed by atoms with Crippen LogP contribution in [0.2, 0.25) is 0 Å². The van der Waals surface area contributed by atoms with Gasteiger partial charge in [0.15, 0.2) is 0 Å². The van der Waals surface area contributed by atoms with E-state index in [-0.39, 0.29) is 12.0 Å². The van der Waals surface area contributed by atoms with E-state index < -0.39 is 5.97 Å². The quantitative estimate of drug-likeness (QED) is 0.400. The lowest BCUT2D eigenvalue weighted by molar-refractivity contribution is -0.136. The van der Waals surface area contributed by atoms with Gasteiger partial charge >= 0.3 is 5.97 Å². The zero-order valence-corrected chi connectivity index (χ0v) is 19.7. The molecule has 178 valence electrons. The van der Waals surface area contributed by atoms with Crippen molar-refractivity contribution >= 4 is 27.8 Å².